The van der Waals surface area contributed by atoms with Crippen molar-refractivity contribution in [3.05, 3.63) is 0 Å². The number of carboxylic acids is 2. The molecule has 6 nitrogen and oxygen atoms in total. The molecule has 68 valence electrons. The van der Waals surface area contributed by atoms with Gasteiger partial charge in [0.15, 0.2) is 0 Å². The number of aliphatic hydroxyl groups is 2. The molecular weight excluding hydrogens is 236 g/mol. The van der Waals surface area contributed by atoms with E-state index in [1.165, 1.54) is 0 Å². The van der Waals surface area contributed by atoms with Crippen LogP contribution in [-0.2, 0) is 9.59 Å². The second-order valence-corrected chi connectivity index (χ2v) is 1.06. The summed E-state index contributed by atoms with van der Waals surface area (Å²) in [6.07, 6.45) is 0. The Labute approximate surface area is 170 Å². The zero-order valence-electron chi connectivity index (χ0n) is 5.02. The van der Waals surface area contributed by atoms with E-state index < -0.39 is 11.9 Å². The van der Waals surface area contributed by atoms with Crippen LogP contribution >= 0.6 is 0 Å². The van der Waals surface area contributed by atoms with Crippen molar-refractivity contribution in [2.24, 2.45) is 0 Å². The monoisotopic (exact) mass is 248 g/mol. The maximum atomic E-state index is 9.10. The van der Waals surface area contributed by atoms with Crippen molar-refractivity contribution < 1.29 is 30.0 Å². The molecule has 0 heterocycles. The van der Waals surface area contributed by atoms with Crippen LogP contribution < -0.4 is 0 Å². The molecule has 0 atom stereocenters. The Morgan fingerprint density at radius 3 is 0.857 bits per heavy atom. The SMILES string of the molecule is O=C(O)C(=O)O.OCCO.[NaH].[NaH].[NaH].[NaH]. The van der Waals surface area contributed by atoms with Crippen molar-refractivity contribution in [3.63, 3.8) is 0 Å². The number of carboxylic acid groups (broad SMARTS) is 2. The van der Waals surface area contributed by atoms with Gasteiger partial charge >= 0.3 is 130 Å². The van der Waals surface area contributed by atoms with Crippen LogP contribution in [0, 0.1) is 0 Å². The Balaban J connectivity index is -0.0000000185. The molecule has 4 N–H and O–H groups in total. The van der Waals surface area contributed by atoms with Gasteiger partial charge in [-0.1, -0.05) is 0 Å². The van der Waals surface area contributed by atoms with Crippen molar-refractivity contribution in [1.29, 1.82) is 0 Å². The third kappa shape index (κ3) is 46.2. The molecule has 0 bridgehead atoms. The molecule has 0 saturated heterocycles. The third-order valence-electron chi connectivity index (χ3n) is 0.283. The fourth-order valence-electron chi connectivity index (χ4n) is 0. The Morgan fingerprint density at radius 1 is 0.714 bits per heavy atom. The number of aliphatic carboxylic acids is 2. The van der Waals surface area contributed by atoms with Gasteiger partial charge in [-0.3, -0.25) is 0 Å². The van der Waals surface area contributed by atoms with E-state index in [2.05, 4.69) is 0 Å². The molecule has 14 heavy (non-hydrogen) atoms. The first-order valence-corrected chi connectivity index (χ1v) is 2.24. The van der Waals surface area contributed by atoms with E-state index in [9.17, 15) is 0 Å². The first-order chi connectivity index (χ1) is 4.56. The van der Waals surface area contributed by atoms with Crippen LogP contribution in [-0.4, -0.2) is 164 Å². The van der Waals surface area contributed by atoms with E-state index >= 15 is 0 Å². The standard InChI is InChI=1S/C2H2O4.C2H6O2.4Na.4H/c3-1(4)2(5)6;3-1-2-4;;;;;;;;/h(H,3,4)(H,5,6);3-4H,1-2H2;;;;;;;;. The number of hydrogen-bond donors (Lipinski definition) is 4. The molecule has 0 saturated carbocycles. The fraction of sp³-hybridized carbons (Fsp3) is 0.500. The minimum atomic E-state index is -1.82. The maximum absolute atomic E-state index is 9.10. The summed E-state index contributed by atoms with van der Waals surface area (Å²) in [6.45, 7) is -0.250. The van der Waals surface area contributed by atoms with E-state index in [0.717, 1.165) is 0 Å². The molecule has 0 unspecified atom stereocenters. The van der Waals surface area contributed by atoms with Crippen molar-refractivity contribution in [1.82, 2.24) is 0 Å². The molecule has 0 aliphatic rings. The molecular formula is C4H12Na4O6. The van der Waals surface area contributed by atoms with E-state index in [-0.39, 0.29) is 131 Å². The number of rotatable bonds is 1. The van der Waals surface area contributed by atoms with Gasteiger partial charge in [-0.15, -0.1) is 0 Å². The second kappa shape index (κ2) is 29.7. The summed E-state index contributed by atoms with van der Waals surface area (Å²) in [5.41, 5.74) is 0. The Morgan fingerprint density at radius 2 is 0.857 bits per heavy atom. The van der Waals surface area contributed by atoms with Crippen molar-refractivity contribution >= 4 is 130 Å². The average Bonchev–Trinajstić information content (AvgIpc) is 1.89. The number of aliphatic hydroxyl groups excluding tert-OH is 2. The summed E-state index contributed by atoms with van der Waals surface area (Å²) in [5, 5.41) is 30.0. The summed E-state index contributed by atoms with van der Waals surface area (Å²) in [6, 6.07) is 0. The van der Waals surface area contributed by atoms with Crippen molar-refractivity contribution in [2.45, 2.75) is 0 Å². The normalized spacial score (nSPS) is 5.29. The number of carbonyl (C=O) groups is 2. The van der Waals surface area contributed by atoms with Gasteiger partial charge in [0, 0.05) is 0 Å². The van der Waals surface area contributed by atoms with Gasteiger partial charge < -0.3 is 20.4 Å². The predicted octanol–water partition coefficient (Wildman–Crippen LogP) is -4.47. The van der Waals surface area contributed by atoms with Gasteiger partial charge in [0.2, 0.25) is 0 Å². The molecule has 10 heteroatoms. The molecule has 0 aliphatic carbocycles. The van der Waals surface area contributed by atoms with Gasteiger partial charge in [-0.25, -0.2) is 9.59 Å². The van der Waals surface area contributed by atoms with Crippen molar-refractivity contribution in [2.75, 3.05) is 13.2 Å². The van der Waals surface area contributed by atoms with Gasteiger partial charge in [-0.05, 0) is 0 Å². The minimum absolute atomic E-state index is 0. The van der Waals surface area contributed by atoms with Gasteiger partial charge in [0.05, 0.1) is 13.2 Å². The van der Waals surface area contributed by atoms with Crippen molar-refractivity contribution in [3.8, 4) is 0 Å². The Kier molecular flexibility index (Phi) is 76.3. The van der Waals surface area contributed by atoms with Crippen LogP contribution in [0.25, 0.3) is 0 Å². The van der Waals surface area contributed by atoms with E-state index in [0.29, 0.717) is 0 Å². The van der Waals surface area contributed by atoms with E-state index in [1.54, 1.807) is 0 Å². The Bertz CT molecular complexity index is 106. The Hall–Kier alpha value is 2.86. The van der Waals surface area contributed by atoms with Crippen LogP contribution in [0.3, 0.4) is 0 Å². The van der Waals surface area contributed by atoms with Crippen LogP contribution in [0.5, 0.6) is 0 Å². The first-order valence-electron chi connectivity index (χ1n) is 2.24. The molecule has 0 radical (unpaired) electrons. The average molecular weight is 248 g/mol. The molecule has 0 aromatic heterocycles. The summed E-state index contributed by atoms with van der Waals surface area (Å²) >= 11 is 0. The van der Waals surface area contributed by atoms with Gasteiger partial charge in [-0.2, -0.15) is 0 Å². The van der Waals surface area contributed by atoms with E-state index in [4.69, 9.17) is 30.0 Å². The molecule has 0 aromatic rings. The first kappa shape index (κ1) is 36.0. The zero-order chi connectivity index (χ0) is 8.57. The summed E-state index contributed by atoms with van der Waals surface area (Å²) < 4.78 is 0. The fourth-order valence-corrected chi connectivity index (χ4v) is 0. The molecule has 0 fully saturated rings. The predicted molar refractivity (Wildman–Crippen MR) is 58.0 cm³/mol. The van der Waals surface area contributed by atoms with Crippen LogP contribution in [0.2, 0.25) is 0 Å². The second-order valence-electron chi connectivity index (χ2n) is 1.06. The van der Waals surface area contributed by atoms with Crippen LogP contribution in [0.4, 0.5) is 0 Å². The van der Waals surface area contributed by atoms with Gasteiger partial charge in [0.1, 0.15) is 0 Å². The summed E-state index contributed by atoms with van der Waals surface area (Å²) in [5.74, 6) is -3.65. The molecule has 0 amide bonds. The van der Waals surface area contributed by atoms with Crippen LogP contribution in [0.15, 0.2) is 0 Å². The number of hydrogen-bond acceptors (Lipinski definition) is 4. The van der Waals surface area contributed by atoms with Crippen LogP contribution in [0.1, 0.15) is 0 Å². The topological polar surface area (TPSA) is 115 Å². The molecule has 0 spiro atoms. The molecule has 0 aliphatic heterocycles. The third-order valence-corrected chi connectivity index (χ3v) is 0.283. The summed E-state index contributed by atoms with van der Waals surface area (Å²) in [4.78, 5) is 18.2. The van der Waals surface area contributed by atoms with E-state index in [1.807, 2.05) is 0 Å². The quantitative estimate of drug-likeness (QED) is 0.275. The molecule has 0 rings (SSSR count). The van der Waals surface area contributed by atoms with Gasteiger partial charge in [0.25, 0.3) is 0 Å². The molecule has 0 aromatic carbocycles. The zero-order valence-corrected chi connectivity index (χ0v) is 5.02. The summed E-state index contributed by atoms with van der Waals surface area (Å²) in [7, 11) is 0.